The summed E-state index contributed by atoms with van der Waals surface area (Å²) in [5.41, 5.74) is 7.05. The van der Waals surface area contributed by atoms with E-state index in [1.807, 2.05) is 44.2 Å². The maximum Gasteiger partial charge on any atom is 0.315 e. The number of carbonyl (C=O) groups is 3. The topological polar surface area (TPSA) is 158 Å². The molecule has 2 atom stereocenters. The fraction of sp³-hybridized carbons (Fsp3) is 0.375. The van der Waals surface area contributed by atoms with E-state index in [1.165, 1.54) is 0 Å². The molecule has 1 unspecified atom stereocenters. The molecule has 184 valence electrons. The Morgan fingerprint density at radius 3 is 2.09 bits per heavy atom. The summed E-state index contributed by atoms with van der Waals surface area (Å²) in [7, 11) is 0. The van der Waals surface area contributed by atoms with Crippen LogP contribution in [0.4, 0.5) is 14.4 Å². The number of nitrogens with one attached hydrogen (secondary N) is 5. The summed E-state index contributed by atoms with van der Waals surface area (Å²) < 4.78 is 0. The summed E-state index contributed by atoms with van der Waals surface area (Å²) in [5, 5.41) is 23.3. The summed E-state index contributed by atoms with van der Waals surface area (Å²) >= 11 is 0. The zero-order valence-electron chi connectivity index (χ0n) is 19.5. The van der Waals surface area contributed by atoms with Crippen molar-refractivity contribution in [1.29, 1.82) is 0 Å². The number of phenolic OH excluding ortho intramolecular Hbond substituents is 1. The summed E-state index contributed by atoms with van der Waals surface area (Å²) in [6.07, 6.45) is 0.430. The van der Waals surface area contributed by atoms with Crippen molar-refractivity contribution in [2.45, 2.75) is 38.9 Å². The average molecular weight is 471 g/mol. The Balaban J connectivity index is 1.92. The fourth-order valence-electron chi connectivity index (χ4n) is 3.22. The molecule has 0 saturated heterocycles. The second kappa shape index (κ2) is 13.6. The molecule has 0 bridgehead atoms. The number of carbonyl (C=O) groups excluding carboxylic acids is 3. The van der Waals surface area contributed by atoms with E-state index >= 15 is 0 Å². The standard InChI is InChI=1S/C24H34N6O4/c1-16(2)21(30-22(25)32)15-28-24(34)29-19(12-17-8-10-20(31)11-9-17)14-27-23(33)26-13-18-6-4-3-5-7-18/h3-11,16,19,21,31H,12-15H2,1-2H3,(H3,25,30,32)(H2,26,27,33)(H2,28,29,34)/t19?,21-/m1/s1. The number of primary amides is 1. The Morgan fingerprint density at radius 1 is 0.824 bits per heavy atom. The molecule has 10 heteroatoms. The van der Waals surface area contributed by atoms with Gasteiger partial charge in [0.25, 0.3) is 0 Å². The van der Waals surface area contributed by atoms with Gasteiger partial charge in [-0.1, -0.05) is 56.3 Å². The third-order valence-corrected chi connectivity index (χ3v) is 5.17. The number of hydrogen-bond acceptors (Lipinski definition) is 4. The molecule has 0 aliphatic heterocycles. The molecule has 2 aromatic rings. The van der Waals surface area contributed by atoms with Gasteiger partial charge in [0.2, 0.25) is 0 Å². The van der Waals surface area contributed by atoms with Gasteiger partial charge >= 0.3 is 18.1 Å². The molecule has 2 rings (SSSR count). The summed E-state index contributed by atoms with van der Waals surface area (Å²) in [6, 6.07) is 14.0. The zero-order valence-corrected chi connectivity index (χ0v) is 19.5. The summed E-state index contributed by atoms with van der Waals surface area (Å²) in [6.45, 7) is 4.58. The van der Waals surface area contributed by atoms with Crippen LogP contribution < -0.4 is 32.3 Å². The molecule has 34 heavy (non-hydrogen) atoms. The Hall–Kier alpha value is -3.95. The van der Waals surface area contributed by atoms with E-state index in [1.54, 1.807) is 24.3 Å². The molecule has 0 saturated carbocycles. The maximum absolute atomic E-state index is 12.5. The third-order valence-electron chi connectivity index (χ3n) is 5.17. The molecule has 10 nitrogen and oxygen atoms in total. The van der Waals surface area contributed by atoms with Gasteiger partial charge in [0.15, 0.2) is 0 Å². The number of nitrogens with two attached hydrogens (primary N) is 1. The van der Waals surface area contributed by atoms with Crippen molar-refractivity contribution in [2.75, 3.05) is 13.1 Å². The van der Waals surface area contributed by atoms with Crippen molar-refractivity contribution in [1.82, 2.24) is 26.6 Å². The Kier molecular flexibility index (Phi) is 10.5. The smallest absolute Gasteiger partial charge is 0.315 e. The maximum atomic E-state index is 12.5. The van der Waals surface area contributed by atoms with Gasteiger partial charge in [-0.25, -0.2) is 14.4 Å². The molecule has 6 amide bonds. The number of benzene rings is 2. The van der Waals surface area contributed by atoms with E-state index in [2.05, 4.69) is 26.6 Å². The van der Waals surface area contributed by atoms with Gasteiger partial charge in [-0.3, -0.25) is 0 Å². The zero-order chi connectivity index (χ0) is 24.9. The van der Waals surface area contributed by atoms with E-state index < -0.39 is 18.1 Å². The first-order valence-electron chi connectivity index (χ1n) is 11.2. The highest BCUT2D eigenvalue weighted by Gasteiger charge is 2.18. The lowest BCUT2D eigenvalue weighted by molar-refractivity contribution is 0.227. The van der Waals surface area contributed by atoms with Crippen molar-refractivity contribution in [3.8, 4) is 5.75 Å². The molecule has 0 radical (unpaired) electrons. The summed E-state index contributed by atoms with van der Waals surface area (Å²) in [5.74, 6) is 0.210. The van der Waals surface area contributed by atoms with Crippen molar-refractivity contribution in [3.05, 3.63) is 65.7 Å². The van der Waals surface area contributed by atoms with Crippen molar-refractivity contribution in [2.24, 2.45) is 11.7 Å². The van der Waals surface area contributed by atoms with Crippen molar-refractivity contribution >= 4 is 18.1 Å². The average Bonchev–Trinajstić information content (AvgIpc) is 2.80. The number of aromatic hydroxyl groups is 1. The normalized spacial score (nSPS) is 12.3. The number of phenols is 1. The van der Waals surface area contributed by atoms with Crippen LogP contribution in [-0.4, -0.2) is 48.4 Å². The minimum Gasteiger partial charge on any atom is -0.508 e. The van der Waals surface area contributed by atoms with Crippen LogP contribution in [0.5, 0.6) is 5.75 Å². The molecule has 0 spiro atoms. The van der Waals surface area contributed by atoms with E-state index in [4.69, 9.17) is 5.73 Å². The van der Waals surface area contributed by atoms with Crippen LogP contribution >= 0.6 is 0 Å². The SMILES string of the molecule is CC(C)[C@@H](CNC(=O)NC(CNC(=O)NCc1ccccc1)Cc1ccc(O)cc1)NC(N)=O. The van der Waals surface area contributed by atoms with E-state index in [9.17, 15) is 19.5 Å². The molecular weight excluding hydrogens is 436 g/mol. The Morgan fingerprint density at radius 2 is 1.47 bits per heavy atom. The Labute approximate surface area is 199 Å². The van der Waals surface area contributed by atoms with Gasteiger partial charge in [0.1, 0.15) is 5.75 Å². The van der Waals surface area contributed by atoms with Crippen LogP contribution in [0.15, 0.2) is 54.6 Å². The summed E-state index contributed by atoms with van der Waals surface area (Å²) in [4.78, 5) is 36.0. The number of amides is 6. The first-order valence-corrected chi connectivity index (χ1v) is 11.2. The van der Waals surface area contributed by atoms with Crippen LogP contribution in [0.25, 0.3) is 0 Å². The van der Waals surface area contributed by atoms with Crippen LogP contribution in [-0.2, 0) is 13.0 Å². The second-order valence-electron chi connectivity index (χ2n) is 8.33. The van der Waals surface area contributed by atoms with Gasteiger partial charge in [0, 0.05) is 19.6 Å². The molecule has 8 N–H and O–H groups in total. The van der Waals surface area contributed by atoms with Crippen LogP contribution in [0, 0.1) is 5.92 Å². The van der Waals surface area contributed by atoms with Gasteiger partial charge < -0.3 is 37.4 Å². The van der Waals surface area contributed by atoms with Crippen LogP contribution in [0.3, 0.4) is 0 Å². The lowest BCUT2D eigenvalue weighted by Crippen LogP contribution is -2.53. The predicted octanol–water partition coefficient (Wildman–Crippen LogP) is 1.79. The molecule has 0 aromatic heterocycles. The monoisotopic (exact) mass is 470 g/mol. The highest BCUT2D eigenvalue weighted by atomic mass is 16.3. The van der Waals surface area contributed by atoms with Gasteiger partial charge in [-0.15, -0.1) is 0 Å². The van der Waals surface area contributed by atoms with Crippen LogP contribution in [0.2, 0.25) is 0 Å². The van der Waals surface area contributed by atoms with E-state index in [0.29, 0.717) is 13.0 Å². The molecule has 0 aliphatic rings. The lowest BCUT2D eigenvalue weighted by Gasteiger charge is -2.24. The first-order chi connectivity index (χ1) is 16.2. The molecule has 2 aromatic carbocycles. The number of hydrogen-bond donors (Lipinski definition) is 7. The molecule has 0 heterocycles. The molecular formula is C24H34N6O4. The first kappa shape index (κ1) is 26.3. The second-order valence-corrected chi connectivity index (χ2v) is 8.33. The van der Waals surface area contributed by atoms with Crippen molar-refractivity contribution < 1.29 is 19.5 Å². The molecule has 0 aliphatic carbocycles. The minimum absolute atomic E-state index is 0.0653. The largest absolute Gasteiger partial charge is 0.508 e. The number of urea groups is 3. The van der Waals surface area contributed by atoms with Gasteiger partial charge in [-0.05, 0) is 35.6 Å². The lowest BCUT2D eigenvalue weighted by atomic mass is 10.0. The quantitative estimate of drug-likeness (QED) is 0.267. The van der Waals surface area contributed by atoms with Gasteiger partial charge in [0.05, 0.1) is 12.1 Å². The molecule has 0 fully saturated rings. The highest BCUT2D eigenvalue weighted by molar-refractivity contribution is 5.76. The van der Waals surface area contributed by atoms with Gasteiger partial charge in [-0.2, -0.15) is 0 Å². The minimum atomic E-state index is -0.656. The predicted molar refractivity (Wildman–Crippen MR) is 130 cm³/mol. The van der Waals surface area contributed by atoms with Crippen molar-refractivity contribution in [3.63, 3.8) is 0 Å². The number of rotatable bonds is 11. The fourth-order valence-corrected chi connectivity index (χ4v) is 3.22. The van der Waals surface area contributed by atoms with Crippen LogP contribution in [0.1, 0.15) is 25.0 Å². The highest BCUT2D eigenvalue weighted by Crippen LogP contribution is 2.11. The van der Waals surface area contributed by atoms with E-state index in [-0.39, 0.29) is 36.8 Å². The third kappa shape index (κ3) is 10.1. The van der Waals surface area contributed by atoms with E-state index in [0.717, 1.165) is 11.1 Å². The Bertz CT molecular complexity index is 921.